The highest BCUT2D eigenvalue weighted by Gasteiger charge is 2.22. The standard InChI is InChI=1S/C23H27N3O2S/c1-4-5-11-21-25-26-22(29-21)24-20(27)16-28-19-14-12-18(13-15-19)23(2,3)17-9-7-6-8-10-17/h6-10,12-15H,4-5,11,16H2,1-3H3,(H,24,26,27). The zero-order valence-electron chi connectivity index (χ0n) is 17.1. The molecule has 1 aromatic heterocycles. The SMILES string of the molecule is CCCCc1nnc(NC(=O)COc2ccc(C(C)(C)c3ccccc3)cc2)s1. The number of aromatic nitrogens is 2. The average Bonchev–Trinajstić information content (AvgIpc) is 3.19. The van der Waals surface area contributed by atoms with E-state index in [0.717, 1.165) is 24.3 Å². The smallest absolute Gasteiger partial charge is 0.264 e. The summed E-state index contributed by atoms with van der Waals surface area (Å²) in [5, 5.41) is 12.3. The number of nitrogens with zero attached hydrogens (tertiary/aromatic N) is 2. The Morgan fingerprint density at radius 2 is 1.72 bits per heavy atom. The van der Waals surface area contributed by atoms with Gasteiger partial charge < -0.3 is 4.74 Å². The second-order valence-corrected chi connectivity index (χ2v) is 8.52. The van der Waals surface area contributed by atoms with Gasteiger partial charge in [0.15, 0.2) is 6.61 Å². The molecule has 1 amide bonds. The highest BCUT2D eigenvalue weighted by Crippen LogP contribution is 2.32. The number of hydrogen-bond acceptors (Lipinski definition) is 5. The van der Waals surface area contributed by atoms with E-state index in [1.807, 2.05) is 30.3 Å². The number of hydrogen-bond donors (Lipinski definition) is 1. The van der Waals surface area contributed by atoms with Crippen LogP contribution < -0.4 is 10.1 Å². The van der Waals surface area contributed by atoms with Crippen LogP contribution in [-0.2, 0) is 16.6 Å². The van der Waals surface area contributed by atoms with Crippen molar-refractivity contribution in [2.75, 3.05) is 11.9 Å². The zero-order valence-corrected chi connectivity index (χ0v) is 18.0. The average molecular weight is 410 g/mol. The first-order valence-corrected chi connectivity index (χ1v) is 10.7. The molecule has 0 atom stereocenters. The fraction of sp³-hybridized carbons (Fsp3) is 0.348. The van der Waals surface area contributed by atoms with E-state index in [9.17, 15) is 4.79 Å². The summed E-state index contributed by atoms with van der Waals surface area (Å²) in [4.78, 5) is 12.1. The molecule has 0 saturated heterocycles. The highest BCUT2D eigenvalue weighted by molar-refractivity contribution is 7.15. The first-order valence-electron chi connectivity index (χ1n) is 9.90. The Hall–Kier alpha value is -2.73. The highest BCUT2D eigenvalue weighted by atomic mass is 32.1. The van der Waals surface area contributed by atoms with Gasteiger partial charge in [0.05, 0.1) is 0 Å². The Kier molecular flexibility index (Phi) is 6.99. The van der Waals surface area contributed by atoms with Crippen LogP contribution in [-0.4, -0.2) is 22.7 Å². The van der Waals surface area contributed by atoms with Crippen molar-refractivity contribution >= 4 is 22.4 Å². The molecule has 0 radical (unpaired) electrons. The molecule has 0 aliphatic rings. The number of unbranched alkanes of at least 4 members (excludes halogenated alkanes) is 1. The molecule has 0 aliphatic carbocycles. The third-order valence-electron chi connectivity index (χ3n) is 4.90. The second kappa shape index (κ2) is 9.65. The Balaban J connectivity index is 1.53. The molecule has 0 aliphatic heterocycles. The molecule has 0 spiro atoms. The fourth-order valence-corrected chi connectivity index (χ4v) is 3.82. The monoisotopic (exact) mass is 409 g/mol. The molecule has 1 N–H and O–H groups in total. The minimum absolute atomic E-state index is 0.0642. The van der Waals surface area contributed by atoms with Crippen molar-refractivity contribution in [3.8, 4) is 5.75 Å². The molecule has 0 unspecified atom stereocenters. The van der Waals surface area contributed by atoms with Crippen molar-refractivity contribution in [1.29, 1.82) is 0 Å². The Labute approximate surface area is 176 Å². The molecular weight excluding hydrogens is 382 g/mol. The van der Waals surface area contributed by atoms with Gasteiger partial charge in [0.2, 0.25) is 5.13 Å². The van der Waals surface area contributed by atoms with Gasteiger partial charge in [-0.05, 0) is 29.7 Å². The van der Waals surface area contributed by atoms with E-state index in [0.29, 0.717) is 10.9 Å². The van der Waals surface area contributed by atoms with Gasteiger partial charge in [-0.3, -0.25) is 10.1 Å². The lowest BCUT2D eigenvalue weighted by molar-refractivity contribution is -0.118. The predicted octanol–water partition coefficient (Wildman–Crippen LogP) is 5.22. The lowest BCUT2D eigenvalue weighted by atomic mass is 9.78. The van der Waals surface area contributed by atoms with Crippen LogP contribution in [0.1, 0.15) is 49.7 Å². The summed E-state index contributed by atoms with van der Waals surface area (Å²) in [7, 11) is 0. The molecule has 3 rings (SSSR count). The van der Waals surface area contributed by atoms with Gasteiger partial charge in [-0.2, -0.15) is 0 Å². The van der Waals surface area contributed by atoms with Crippen LogP contribution in [0.4, 0.5) is 5.13 Å². The van der Waals surface area contributed by atoms with Crippen molar-refractivity contribution in [2.24, 2.45) is 0 Å². The van der Waals surface area contributed by atoms with Gasteiger partial charge in [-0.15, -0.1) is 10.2 Å². The molecule has 0 fully saturated rings. The Morgan fingerprint density at radius 3 is 2.41 bits per heavy atom. The maximum Gasteiger partial charge on any atom is 0.264 e. The third kappa shape index (κ3) is 5.64. The summed E-state index contributed by atoms with van der Waals surface area (Å²) in [5.74, 6) is 0.422. The number of aryl methyl sites for hydroxylation is 1. The van der Waals surface area contributed by atoms with Crippen molar-refractivity contribution in [3.63, 3.8) is 0 Å². The van der Waals surface area contributed by atoms with Gasteiger partial charge in [-0.25, -0.2) is 0 Å². The van der Waals surface area contributed by atoms with Gasteiger partial charge in [-0.1, -0.05) is 81.0 Å². The maximum absolute atomic E-state index is 12.1. The predicted molar refractivity (Wildman–Crippen MR) is 118 cm³/mol. The van der Waals surface area contributed by atoms with Crippen LogP contribution in [0, 0.1) is 0 Å². The van der Waals surface area contributed by atoms with Crippen LogP contribution >= 0.6 is 11.3 Å². The molecule has 0 saturated carbocycles. The number of carbonyl (C=O) groups is 1. The molecule has 29 heavy (non-hydrogen) atoms. The van der Waals surface area contributed by atoms with E-state index in [4.69, 9.17) is 4.74 Å². The van der Waals surface area contributed by atoms with Crippen LogP contribution in [0.5, 0.6) is 5.75 Å². The number of nitrogens with one attached hydrogen (secondary N) is 1. The van der Waals surface area contributed by atoms with Crippen molar-refractivity contribution < 1.29 is 9.53 Å². The molecule has 5 nitrogen and oxygen atoms in total. The van der Waals surface area contributed by atoms with Crippen LogP contribution in [0.2, 0.25) is 0 Å². The number of anilines is 1. The fourth-order valence-electron chi connectivity index (χ4n) is 3.03. The molecule has 2 aromatic carbocycles. The van der Waals surface area contributed by atoms with Crippen molar-refractivity contribution in [1.82, 2.24) is 10.2 Å². The Morgan fingerprint density at radius 1 is 1.03 bits per heavy atom. The van der Waals surface area contributed by atoms with Crippen LogP contribution in [0.3, 0.4) is 0 Å². The minimum Gasteiger partial charge on any atom is -0.484 e. The summed E-state index contributed by atoms with van der Waals surface area (Å²) in [6.07, 6.45) is 3.07. The largest absolute Gasteiger partial charge is 0.484 e. The van der Waals surface area contributed by atoms with E-state index < -0.39 is 0 Å². The van der Waals surface area contributed by atoms with Gasteiger partial charge in [0.1, 0.15) is 10.8 Å². The number of amides is 1. The minimum atomic E-state index is -0.239. The quantitative estimate of drug-likeness (QED) is 0.526. The summed E-state index contributed by atoms with van der Waals surface area (Å²) in [6, 6.07) is 18.3. The molecule has 1 heterocycles. The topological polar surface area (TPSA) is 64.1 Å². The molecular formula is C23H27N3O2S. The van der Waals surface area contributed by atoms with Crippen LogP contribution in [0.25, 0.3) is 0 Å². The summed E-state index contributed by atoms with van der Waals surface area (Å²) in [6.45, 7) is 6.46. The normalized spacial score (nSPS) is 11.3. The van der Waals surface area contributed by atoms with Gasteiger partial charge in [0.25, 0.3) is 5.91 Å². The zero-order chi connectivity index (χ0) is 20.7. The van der Waals surface area contributed by atoms with E-state index in [1.165, 1.54) is 22.5 Å². The lowest BCUT2D eigenvalue weighted by Crippen LogP contribution is -2.20. The molecule has 3 aromatic rings. The first kappa shape index (κ1) is 21.0. The maximum atomic E-state index is 12.1. The molecule has 6 heteroatoms. The van der Waals surface area contributed by atoms with Gasteiger partial charge in [0, 0.05) is 11.8 Å². The number of rotatable bonds is 9. The van der Waals surface area contributed by atoms with Crippen molar-refractivity contribution in [2.45, 2.75) is 45.4 Å². The third-order valence-corrected chi connectivity index (χ3v) is 5.80. The summed E-state index contributed by atoms with van der Waals surface area (Å²) < 4.78 is 5.63. The first-order chi connectivity index (χ1) is 14.0. The van der Waals surface area contributed by atoms with E-state index in [-0.39, 0.29) is 17.9 Å². The van der Waals surface area contributed by atoms with Crippen molar-refractivity contribution in [3.05, 3.63) is 70.7 Å². The van der Waals surface area contributed by atoms with Gasteiger partial charge >= 0.3 is 0 Å². The summed E-state index contributed by atoms with van der Waals surface area (Å²) in [5.41, 5.74) is 2.34. The lowest BCUT2D eigenvalue weighted by Gasteiger charge is -2.26. The molecule has 0 bridgehead atoms. The number of benzene rings is 2. The van der Waals surface area contributed by atoms with Crippen LogP contribution in [0.15, 0.2) is 54.6 Å². The van der Waals surface area contributed by atoms with E-state index >= 15 is 0 Å². The van der Waals surface area contributed by atoms with E-state index in [2.05, 4.69) is 60.6 Å². The Bertz CT molecular complexity index is 921. The summed E-state index contributed by atoms with van der Waals surface area (Å²) >= 11 is 1.42. The van der Waals surface area contributed by atoms with E-state index in [1.54, 1.807) is 0 Å². The number of ether oxygens (including phenoxy) is 1. The second-order valence-electron chi connectivity index (χ2n) is 7.46. The molecule has 152 valence electrons. The number of carbonyl (C=O) groups excluding carboxylic acids is 1.